The molecule has 0 spiro atoms. The Kier molecular flexibility index (Phi) is 12.9. The van der Waals surface area contributed by atoms with Gasteiger partial charge in [-0.1, -0.05) is 85.5 Å². The van der Waals surface area contributed by atoms with Gasteiger partial charge < -0.3 is 9.47 Å². The van der Waals surface area contributed by atoms with Crippen LogP contribution in [-0.2, 0) is 9.47 Å². The SMILES string of the molecule is CCCCCCCCCCCCOC(=O)OC1CC(C(C)C)CCC1C. The second-order valence-corrected chi connectivity index (χ2v) is 8.73. The van der Waals surface area contributed by atoms with Crippen LogP contribution in [0.4, 0.5) is 4.79 Å². The number of hydrogen-bond acceptors (Lipinski definition) is 3. The Morgan fingerprint density at radius 2 is 1.50 bits per heavy atom. The highest BCUT2D eigenvalue weighted by atomic mass is 16.7. The molecule has 0 radical (unpaired) electrons. The molecule has 0 saturated heterocycles. The highest BCUT2D eigenvalue weighted by Gasteiger charge is 2.32. The number of ether oxygens (including phenoxy) is 2. The Balaban J connectivity index is 1.99. The number of unbranched alkanes of at least 4 members (excludes halogenated alkanes) is 9. The summed E-state index contributed by atoms with van der Waals surface area (Å²) in [5.41, 5.74) is 0. The Hall–Kier alpha value is -0.730. The van der Waals surface area contributed by atoms with Crippen LogP contribution in [0.2, 0.25) is 0 Å². The first kappa shape index (κ1) is 23.3. The van der Waals surface area contributed by atoms with Crippen LogP contribution in [0.25, 0.3) is 0 Å². The molecule has 1 aliphatic carbocycles. The fourth-order valence-corrected chi connectivity index (χ4v) is 3.98. The summed E-state index contributed by atoms with van der Waals surface area (Å²) in [5, 5.41) is 0. The summed E-state index contributed by atoms with van der Waals surface area (Å²) in [6, 6.07) is 0. The average molecular weight is 369 g/mol. The van der Waals surface area contributed by atoms with E-state index in [0.717, 1.165) is 25.7 Å². The maximum absolute atomic E-state index is 11.9. The largest absolute Gasteiger partial charge is 0.508 e. The van der Waals surface area contributed by atoms with Crippen molar-refractivity contribution in [2.75, 3.05) is 6.61 Å². The molecule has 0 aromatic heterocycles. The number of hydrogen-bond donors (Lipinski definition) is 0. The molecular weight excluding hydrogens is 324 g/mol. The monoisotopic (exact) mass is 368 g/mol. The predicted octanol–water partition coefficient (Wildman–Crippen LogP) is 7.52. The van der Waals surface area contributed by atoms with Gasteiger partial charge >= 0.3 is 6.16 Å². The predicted molar refractivity (Wildman–Crippen MR) is 109 cm³/mol. The minimum atomic E-state index is -0.456. The molecule has 3 unspecified atom stereocenters. The van der Waals surface area contributed by atoms with Crippen LogP contribution in [0, 0.1) is 17.8 Å². The minimum Gasteiger partial charge on any atom is -0.434 e. The van der Waals surface area contributed by atoms with Gasteiger partial charge in [0, 0.05) is 0 Å². The topological polar surface area (TPSA) is 35.5 Å². The minimum absolute atomic E-state index is 0.0383. The fourth-order valence-electron chi connectivity index (χ4n) is 3.98. The standard InChI is InChI=1S/C23H44O3/c1-5-6-7-8-9-10-11-12-13-14-17-25-23(24)26-22-18-21(19(2)3)16-15-20(22)4/h19-22H,5-18H2,1-4H3. The zero-order valence-electron chi connectivity index (χ0n) is 17.9. The molecule has 0 heterocycles. The van der Waals surface area contributed by atoms with Gasteiger partial charge in [-0.05, 0) is 43.4 Å². The van der Waals surface area contributed by atoms with Crippen molar-refractivity contribution in [1.29, 1.82) is 0 Å². The van der Waals surface area contributed by atoms with Crippen molar-refractivity contribution in [2.24, 2.45) is 17.8 Å². The molecule has 0 bridgehead atoms. The Labute approximate surface area is 162 Å². The zero-order valence-corrected chi connectivity index (χ0v) is 17.9. The molecule has 0 N–H and O–H groups in total. The van der Waals surface area contributed by atoms with Gasteiger partial charge in [-0.25, -0.2) is 4.79 Å². The summed E-state index contributed by atoms with van der Waals surface area (Å²) < 4.78 is 10.9. The maximum Gasteiger partial charge on any atom is 0.508 e. The van der Waals surface area contributed by atoms with E-state index in [1.165, 1.54) is 57.8 Å². The molecular formula is C23H44O3. The van der Waals surface area contributed by atoms with Crippen molar-refractivity contribution in [3.8, 4) is 0 Å². The fraction of sp³-hybridized carbons (Fsp3) is 0.957. The van der Waals surface area contributed by atoms with Crippen LogP contribution in [-0.4, -0.2) is 18.9 Å². The van der Waals surface area contributed by atoms with E-state index in [9.17, 15) is 4.79 Å². The van der Waals surface area contributed by atoms with E-state index < -0.39 is 6.16 Å². The Morgan fingerprint density at radius 3 is 2.08 bits per heavy atom. The van der Waals surface area contributed by atoms with Gasteiger partial charge in [0.25, 0.3) is 0 Å². The van der Waals surface area contributed by atoms with Crippen molar-refractivity contribution in [3.63, 3.8) is 0 Å². The van der Waals surface area contributed by atoms with E-state index in [1.54, 1.807) is 0 Å². The van der Waals surface area contributed by atoms with Gasteiger partial charge in [0.1, 0.15) is 6.10 Å². The zero-order chi connectivity index (χ0) is 19.2. The lowest BCUT2D eigenvalue weighted by atomic mass is 9.76. The third-order valence-electron chi connectivity index (χ3n) is 6.07. The smallest absolute Gasteiger partial charge is 0.434 e. The number of carbonyl (C=O) groups excluding carboxylic acids is 1. The lowest BCUT2D eigenvalue weighted by Gasteiger charge is -2.35. The molecule has 3 atom stereocenters. The summed E-state index contributed by atoms with van der Waals surface area (Å²) >= 11 is 0. The summed E-state index contributed by atoms with van der Waals surface area (Å²) in [6.45, 7) is 9.49. The Morgan fingerprint density at radius 1 is 0.923 bits per heavy atom. The van der Waals surface area contributed by atoms with Crippen molar-refractivity contribution in [2.45, 2.75) is 117 Å². The van der Waals surface area contributed by atoms with Gasteiger partial charge in [0.15, 0.2) is 0 Å². The highest BCUT2D eigenvalue weighted by Crippen LogP contribution is 2.35. The number of carbonyl (C=O) groups is 1. The van der Waals surface area contributed by atoms with E-state index in [0.29, 0.717) is 24.4 Å². The highest BCUT2D eigenvalue weighted by molar-refractivity contribution is 5.60. The van der Waals surface area contributed by atoms with E-state index in [4.69, 9.17) is 9.47 Å². The molecule has 1 saturated carbocycles. The first-order valence-electron chi connectivity index (χ1n) is 11.4. The molecule has 1 fully saturated rings. The van der Waals surface area contributed by atoms with Gasteiger partial charge in [0.05, 0.1) is 6.61 Å². The second kappa shape index (κ2) is 14.3. The Bertz CT molecular complexity index is 353. The van der Waals surface area contributed by atoms with Crippen LogP contribution in [0.3, 0.4) is 0 Å². The van der Waals surface area contributed by atoms with Crippen LogP contribution in [0.15, 0.2) is 0 Å². The molecule has 0 aliphatic heterocycles. The van der Waals surface area contributed by atoms with Crippen molar-refractivity contribution >= 4 is 6.16 Å². The molecule has 154 valence electrons. The number of rotatable bonds is 13. The third kappa shape index (κ3) is 10.4. The van der Waals surface area contributed by atoms with E-state index in [2.05, 4.69) is 27.7 Å². The van der Waals surface area contributed by atoms with Gasteiger partial charge in [-0.2, -0.15) is 0 Å². The molecule has 0 amide bonds. The molecule has 3 nitrogen and oxygen atoms in total. The van der Waals surface area contributed by atoms with E-state index in [-0.39, 0.29) is 6.10 Å². The van der Waals surface area contributed by atoms with Gasteiger partial charge in [-0.15, -0.1) is 0 Å². The molecule has 1 aliphatic rings. The maximum atomic E-state index is 11.9. The normalized spacial score (nSPS) is 23.2. The summed E-state index contributed by atoms with van der Waals surface area (Å²) in [7, 11) is 0. The van der Waals surface area contributed by atoms with Gasteiger partial charge in [0.2, 0.25) is 0 Å². The lowest BCUT2D eigenvalue weighted by molar-refractivity contribution is -0.0239. The van der Waals surface area contributed by atoms with Crippen molar-refractivity contribution < 1.29 is 14.3 Å². The molecule has 0 aromatic rings. The second-order valence-electron chi connectivity index (χ2n) is 8.73. The van der Waals surface area contributed by atoms with Crippen LogP contribution >= 0.6 is 0 Å². The molecule has 0 aromatic carbocycles. The van der Waals surface area contributed by atoms with E-state index in [1.807, 2.05) is 0 Å². The summed E-state index contributed by atoms with van der Waals surface area (Å²) in [5.74, 6) is 1.79. The van der Waals surface area contributed by atoms with Crippen LogP contribution in [0.1, 0.15) is 111 Å². The average Bonchev–Trinajstić information content (AvgIpc) is 2.61. The van der Waals surface area contributed by atoms with Crippen molar-refractivity contribution in [1.82, 2.24) is 0 Å². The van der Waals surface area contributed by atoms with Crippen molar-refractivity contribution in [3.05, 3.63) is 0 Å². The van der Waals surface area contributed by atoms with Crippen LogP contribution < -0.4 is 0 Å². The first-order chi connectivity index (χ1) is 12.5. The quantitative estimate of drug-likeness (QED) is 0.249. The molecule has 3 heteroatoms. The van der Waals surface area contributed by atoms with E-state index >= 15 is 0 Å². The summed E-state index contributed by atoms with van der Waals surface area (Å²) in [4.78, 5) is 11.9. The molecule has 26 heavy (non-hydrogen) atoms. The first-order valence-corrected chi connectivity index (χ1v) is 11.4. The lowest BCUT2D eigenvalue weighted by Crippen LogP contribution is -2.34. The van der Waals surface area contributed by atoms with Gasteiger partial charge in [-0.3, -0.25) is 0 Å². The summed E-state index contributed by atoms with van der Waals surface area (Å²) in [6.07, 6.45) is 15.9. The molecule has 1 rings (SSSR count). The van der Waals surface area contributed by atoms with Crippen LogP contribution in [0.5, 0.6) is 0 Å². The third-order valence-corrected chi connectivity index (χ3v) is 6.07.